The molecule has 0 unspecified atom stereocenters. The van der Waals surface area contributed by atoms with E-state index in [9.17, 15) is 10.1 Å². The van der Waals surface area contributed by atoms with Crippen LogP contribution in [-0.2, 0) is 0 Å². The number of piperidine rings is 1. The van der Waals surface area contributed by atoms with Gasteiger partial charge in [-0.2, -0.15) is 0 Å². The molecule has 20 heavy (non-hydrogen) atoms. The van der Waals surface area contributed by atoms with Gasteiger partial charge in [0.2, 0.25) is 0 Å². The predicted octanol–water partition coefficient (Wildman–Crippen LogP) is 3.39. The Bertz CT molecular complexity index is 473. The maximum atomic E-state index is 11.0. The summed E-state index contributed by atoms with van der Waals surface area (Å²) >= 11 is 5.79. The third-order valence-electron chi connectivity index (χ3n) is 3.86. The summed E-state index contributed by atoms with van der Waals surface area (Å²) in [6.07, 6.45) is 3.47. The highest BCUT2D eigenvalue weighted by Crippen LogP contribution is 2.28. The van der Waals surface area contributed by atoms with Gasteiger partial charge in [-0.25, -0.2) is 0 Å². The van der Waals surface area contributed by atoms with Crippen molar-refractivity contribution in [3.8, 4) is 0 Å². The zero-order chi connectivity index (χ0) is 14.5. The van der Waals surface area contributed by atoms with Gasteiger partial charge in [-0.3, -0.25) is 10.1 Å². The zero-order valence-corrected chi connectivity index (χ0v) is 12.4. The van der Waals surface area contributed by atoms with Crippen LogP contribution in [0.5, 0.6) is 0 Å². The molecule has 0 amide bonds. The van der Waals surface area contributed by atoms with Gasteiger partial charge in [0.05, 0.1) is 4.92 Å². The molecule has 1 aliphatic heterocycles. The van der Waals surface area contributed by atoms with Gasteiger partial charge in [-0.1, -0.05) is 11.6 Å². The fourth-order valence-corrected chi connectivity index (χ4v) is 2.73. The molecule has 1 saturated heterocycles. The van der Waals surface area contributed by atoms with E-state index >= 15 is 0 Å². The molecule has 110 valence electrons. The smallest absolute Gasteiger partial charge is 0.293 e. The van der Waals surface area contributed by atoms with E-state index in [0.717, 1.165) is 26.1 Å². The highest BCUT2D eigenvalue weighted by atomic mass is 35.5. The van der Waals surface area contributed by atoms with E-state index in [1.54, 1.807) is 12.1 Å². The van der Waals surface area contributed by atoms with Crippen molar-refractivity contribution < 1.29 is 4.92 Å². The molecule has 1 aromatic rings. The number of rotatable bonds is 5. The van der Waals surface area contributed by atoms with Crippen LogP contribution < -0.4 is 5.32 Å². The summed E-state index contributed by atoms with van der Waals surface area (Å²) in [5.41, 5.74) is 0.591. The average Bonchev–Trinajstić information content (AvgIpc) is 2.42. The monoisotopic (exact) mass is 297 g/mol. The number of likely N-dealkylation sites (tertiary alicyclic amines) is 1. The molecule has 6 heteroatoms. The molecular weight excluding hydrogens is 278 g/mol. The first-order chi connectivity index (χ1) is 9.56. The molecule has 0 spiro atoms. The van der Waals surface area contributed by atoms with E-state index in [4.69, 9.17) is 11.6 Å². The van der Waals surface area contributed by atoms with Gasteiger partial charge < -0.3 is 10.2 Å². The summed E-state index contributed by atoms with van der Waals surface area (Å²) < 4.78 is 0. The minimum absolute atomic E-state index is 0.0425. The molecule has 1 N–H and O–H groups in total. The molecule has 1 aliphatic rings. The first kappa shape index (κ1) is 15.1. The third-order valence-corrected chi connectivity index (χ3v) is 4.10. The SMILES string of the molecule is CN1CCC(CCNc2ccc(Cl)cc2[N+](=O)[O-])CC1. The number of benzene rings is 1. The molecule has 5 nitrogen and oxygen atoms in total. The molecule has 1 heterocycles. The summed E-state index contributed by atoms with van der Waals surface area (Å²) in [4.78, 5) is 12.9. The Morgan fingerprint density at radius 2 is 2.15 bits per heavy atom. The molecule has 0 saturated carbocycles. The minimum Gasteiger partial charge on any atom is -0.379 e. The van der Waals surface area contributed by atoms with Crippen molar-refractivity contribution in [2.24, 2.45) is 5.92 Å². The fraction of sp³-hybridized carbons (Fsp3) is 0.571. The Morgan fingerprint density at radius 3 is 2.80 bits per heavy atom. The topological polar surface area (TPSA) is 58.4 Å². The van der Waals surface area contributed by atoms with Crippen LogP contribution in [0.3, 0.4) is 0 Å². The Hall–Kier alpha value is -1.33. The molecule has 2 rings (SSSR count). The standard InChI is InChI=1S/C14H20ClN3O2/c1-17-8-5-11(6-9-17)4-7-16-13-3-2-12(15)10-14(13)18(19)20/h2-3,10-11,16H,4-9H2,1H3. The molecule has 0 bridgehead atoms. The van der Waals surface area contributed by atoms with Gasteiger partial charge in [-0.15, -0.1) is 0 Å². The Kier molecular flexibility index (Phi) is 5.20. The van der Waals surface area contributed by atoms with Crippen molar-refractivity contribution in [3.05, 3.63) is 33.3 Å². The number of hydrogen-bond donors (Lipinski definition) is 1. The van der Waals surface area contributed by atoms with Crippen LogP contribution in [0.2, 0.25) is 5.02 Å². The van der Waals surface area contributed by atoms with Crippen LogP contribution in [0.1, 0.15) is 19.3 Å². The first-order valence-corrected chi connectivity index (χ1v) is 7.30. The van der Waals surface area contributed by atoms with E-state index in [1.807, 2.05) is 0 Å². The summed E-state index contributed by atoms with van der Waals surface area (Å²) in [6.45, 7) is 3.05. The molecular formula is C14H20ClN3O2. The molecule has 0 aliphatic carbocycles. The van der Waals surface area contributed by atoms with E-state index in [0.29, 0.717) is 16.6 Å². The second kappa shape index (κ2) is 6.90. The Balaban J connectivity index is 1.86. The highest BCUT2D eigenvalue weighted by molar-refractivity contribution is 6.30. The van der Waals surface area contributed by atoms with Gasteiger partial charge in [-0.05, 0) is 57.5 Å². The van der Waals surface area contributed by atoms with Crippen molar-refractivity contribution in [2.45, 2.75) is 19.3 Å². The maximum Gasteiger partial charge on any atom is 0.293 e. The van der Waals surface area contributed by atoms with Crippen LogP contribution in [0.25, 0.3) is 0 Å². The van der Waals surface area contributed by atoms with Gasteiger partial charge in [0.25, 0.3) is 5.69 Å². The zero-order valence-electron chi connectivity index (χ0n) is 11.6. The molecule has 0 atom stereocenters. The lowest BCUT2D eigenvalue weighted by Crippen LogP contribution is -2.30. The lowest BCUT2D eigenvalue weighted by molar-refractivity contribution is -0.383. The van der Waals surface area contributed by atoms with Gasteiger partial charge in [0, 0.05) is 17.6 Å². The normalized spacial score (nSPS) is 17.1. The van der Waals surface area contributed by atoms with Gasteiger partial charge in [0.15, 0.2) is 0 Å². The van der Waals surface area contributed by atoms with Crippen LogP contribution >= 0.6 is 11.6 Å². The number of hydrogen-bond acceptors (Lipinski definition) is 4. The first-order valence-electron chi connectivity index (χ1n) is 6.92. The van der Waals surface area contributed by atoms with Crippen molar-refractivity contribution in [1.29, 1.82) is 0 Å². The quantitative estimate of drug-likeness (QED) is 0.668. The number of nitro benzene ring substituents is 1. The van der Waals surface area contributed by atoms with E-state index < -0.39 is 4.92 Å². The average molecular weight is 298 g/mol. The fourth-order valence-electron chi connectivity index (χ4n) is 2.57. The summed E-state index contributed by atoms with van der Waals surface area (Å²) in [5, 5.41) is 14.5. The van der Waals surface area contributed by atoms with Gasteiger partial charge in [0.1, 0.15) is 5.69 Å². The Labute approximate surface area is 124 Å². The third kappa shape index (κ3) is 4.08. The number of nitrogens with zero attached hydrogens (tertiary/aromatic N) is 2. The van der Waals surface area contributed by atoms with Crippen LogP contribution in [0, 0.1) is 16.0 Å². The highest BCUT2D eigenvalue weighted by Gasteiger charge is 2.17. The van der Waals surface area contributed by atoms with E-state index in [-0.39, 0.29) is 5.69 Å². The number of nitro groups is 1. The summed E-state index contributed by atoms with van der Waals surface area (Å²) in [7, 11) is 2.14. The second-order valence-electron chi connectivity index (χ2n) is 5.38. The van der Waals surface area contributed by atoms with Gasteiger partial charge >= 0.3 is 0 Å². The van der Waals surface area contributed by atoms with Crippen LogP contribution in [0.4, 0.5) is 11.4 Å². The predicted molar refractivity (Wildman–Crippen MR) is 81.4 cm³/mol. The van der Waals surface area contributed by atoms with Crippen molar-refractivity contribution in [3.63, 3.8) is 0 Å². The summed E-state index contributed by atoms with van der Waals surface area (Å²) in [5.74, 6) is 0.713. The van der Waals surface area contributed by atoms with Crippen LogP contribution in [0.15, 0.2) is 18.2 Å². The van der Waals surface area contributed by atoms with Crippen molar-refractivity contribution in [1.82, 2.24) is 4.90 Å². The van der Waals surface area contributed by atoms with E-state index in [1.165, 1.54) is 18.9 Å². The van der Waals surface area contributed by atoms with Crippen molar-refractivity contribution >= 4 is 23.0 Å². The summed E-state index contributed by atoms with van der Waals surface area (Å²) in [6, 6.07) is 4.74. The molecule has 0 aromatic heterocycles. The number of halogens is 1. The van der Waals surface area contributed by atoms with Crippen molar-refractivity contribution in [2.75, 3.05) is 32.0 Å². The maximum absolute atomic E-state index is 11.0. The van der Waals surface area contributed by atoms with Crippen LogP contribution in [-0.4, -0.2) is 36.5 Å². The molecule has 1 aromatic carbocycles. The molecule has 0 radical (unpaired) electrons. The lowest BCUT2D eigenvalue weighted by atomic mass is 9.94. The van der Waals surface area contributed by atoms with E-state index in [2.05, 4.69) is 17.3 Å². The number of anilines is 1. The Morgan fingerprint density at radius 1 is 1.45 bits per heavy atom. The lowest BCUT2D eigenvalue weighted by Gasteiger charge is -2.28. The second-order valence-corrected chi connectivity index (χ2v) is 5.82. The number of nitrogens with one attached hydrogen (secondary N) is 1. The minimum atomic E-state index is -0.399. The molecule has 1 fully saturated rings. The largest absolute Gasteiger partial charge is 0.379 e.